The van der Waals surface area contributed by atoms with Crippen LogP contribution in [-0.2, 0) is 0 Å². The van der Waals surface area contributed by atoms with Gasteiger partial charge in [0.05, 0.1) is 25.9 Å². The molecule has 0 saturated heterocycles. The van der Waals surface area contributed by atoms with E-state index in [0.29, 0.717) is 17.4 Å². The topological polar surface area (TPSA) is 66.4 Å². The van der Waals surface area contributed by atoms with Crippen molar-refractivity contribution in [1.82, 2.24) is 15.2 Å². The van der Waals surface area contributed by atoms with E-state index < -0.39 is 0 Å². The molecule has 0 saturated carbocycles. The van der Waals surface area contributed by atoms with Crippen LogP contribution in [0, 0.1) is 0 Å². The summed E-state index contributed by atoms with van der Waals surface area (Å²) in [5.74, 6) is 2.51. The van der Waals surface area contributed by atoms with Crippen molar-refractivity contribution in [3.63, 3.8) is 0 Å². The quantitative estimate of drug-likeness (QED) is 0.523. The van der Waals surface area contributed by atoms with E-state index in [1.54, 1.807) is 26.6 Å². The highest BCUT2D eigenvalue weighted by molar-refractivity contribution is 5.95. The second-order valence-corrected chi connectivity index (χ2v) is 5.78. The van der Waals surface area contributed by atoms with Crippen LogP contribution in [0.5, 0.6) is 23.1 Å². The maximum Gasteiger partial charge on any atom is 0.219 e. The smallest absolute Gasteiger partial charge is 0.219 e. The van der Waals surface area contributed by atoms with Crippen LogP contribution < -0.4 is 14.2 Å². The fourth-order valence-corrected chi connectivity index (χ4v) is 2.82. The molecule has 4 aromatic rings. The Morgan fingerprint density at radius 1 is 0.815 bits per heavy atom. The number of pyridine rings is 1. The average Bonchev–Trinajstić information content (AvgIpc) is 2.73. The highest BCUT2D eigenvalue weighted by Gasteiger charge is 2.12. The minimum Gasteiger partial charge on any atom is -0.493 e. The Balaban J connectivity index is 1.71. The lowest BCUT2D eigenvalue weighted by Crippen LogP contribution is -1.94. The number of nitrogens with zero attached hydrogens (tertiary/aromatic N) is 3. The van der Waals surface area contributed by atoms with E-state index in [2.05, 4.69) is 15.2 Å². The lowest BCUT2D eigenvalue weighted by Gasteiger charge is -2.11. The summed E-state index contributed by atoms with van der Waals surface area (Å²) in [6, 6.07) is 17.0. The largest absolute Gasteiger partial charge is 0.493 e. The molecule has 4 rings (SSSR count). The van der Waals surface area contributed by atoms with Gasteiger partial charge in [0, 0.05) is 34.8 Å². The molecule has 2 aromatic heterocycles. The standard InChI is InChI=1S/C21H17N3O3/c1-25-19-10-16-17(13-23-24-18(16)11-20(19)26-2)14-8-9-21(22-12-14)27-15-6-4-3-5-7-15/h3-13H,1-2H3. The van der Waals surface area contributed by atoms with Crippen molar-refractivity contribution in [3.8, 4) is 34.3 Å². The van der Waals surface area contributed by atoms with Gasteiger partial charge < -0.3 is 14.2 Å². The molecule has 2 aromatic carbocycles. The molecule has 0 bridgehead atoms. The molecule has 0 radical (unpaired) electrons. The van der Waals surface area contributed by atoms with Crippen LogP contribution in [0.25, 0.3) is 22.0 Å². The van der Waals surface area contributed by atoms with Crippen LogP contribution in [0.1, 0.15) is 0 Å². The van der Waals surface area contributed by atoms with Gasteiger partial charge in [-0.25, -0.2) is 4.98 Å². The molecule has 0 atom stereocenters. The molecule has 0 aliphatic heterocycles. The van der Waals surface area contributed by atoms with Gasteiger partial charge in [-0.1, -0.05) is 18.2 Å². The molecule has 134 valence electrons. The second kappa shape index (κ2) is 7.29. The molecular formula is C21H17N3O3. The molecule has 6 heteroatoms. The van der Waals surface area contributed by atoms with Crippen molar-refractivity contribution in [2.75, 3.05) is 14.2 Å². The van der Waals surface area contributed by atoms with Gasteiger partial charge in [0.25, 0.3) is 0 Å². The SMILES string of the molecule is COc1cc2nncc(-c3ccc(Oc4ccccc4)nc3)c2cc1OC. The Hall–Kier alpha value is -3.67. The van der Waals surface area contributed by atoms with Crippen LogP contribution >= 0.6 is 0 Å². The molecule has 0 aliphatic rings. The second-order valence-electron chi connectivity index (χ2n) is 5.78. The van der Waals surface area contributed by atoms with Crippen LogP contribution in [0.15, 0.2) is 67.0 Å². The third kappa shape index (κ3) is 3.37. The normalized spacial score (nSPS) is 10.6. The van der Waals surface area contributed by atoms with Crippen molar-refractivity contribution in [1.29, 1.82) is 0 Å². The Morgan fingerprint density at radius 2 is 1.59 bits per heavy atom. The summed E-state index contributed by atoms with van der Waals surface area (Å²) in [6.07, 6.45) is 3.47. The molecule has 0 amide bonds. The Labute approximate surface area is 156 Å². The van der Waals surface area contributed by atoms with Crippen molar-refractivity contribution in [2.24, 2.45) is 0 Å². The van der Waals surface area contributed by atoms with Gasteiger partial charge in [-0.05, 0) is 24.3 Å². The minimum atomic E-state index is 0.524. The molecule has 0 aliphatic carbocycles. The van der Waals surface area contributed by atoms with E-state index in [1.165, 1.54) is 0 Å². The fraction of sp³-hybridized carbons (Fsp3) is 0.0952. The molecule has 6 nitrogen and oxygen atoms in total. The van der Waals surface area contributed by atoms with E-state index in [4.69, 9.17) is 14.2 Å². The van der Waals surface area contributed by atoms with Crippen molar-refractivity contribution in [3.05, 3.63) is 67.0 Å². The highest BCUT2D eigenvalue weighted by Crippen LogP contribution is 2.35. The number of benzene rings is 2. The Kier molecular flexibility index (Phi) is 4.53. The minimum absolute atomic E-state index is 0.524. The maximum atomic E-state index is 5.75. The van der Waals surface area contributed by atoms with E-state index in [1.807, 2.05) is 54.6 Å². The van der Waals surface area contributed by atoms with Crippen LogP contribution in [0.3, 0.4) is 0 Å². The number of hydrogen-bond donors (Lipinski definition) is 0. The predicted molar refractivity (Wildman–Crippen MR) is 102 cm³/mol. The summed E-state index contributed by atoms with van der Waals surface area (Å²) in [6.45, 7) is 0. The summed E-state index contributed by atoms with van der Waals surface area (Å²) < 4.78 is 16.5. The predicted octanol–water partition coefficient (Wildman–Crippen LogP) is 4.50. The van der Waals surface area contributed by atoms with E-state index in [-0.39, 0.29) is 0 Å². The zero-order valence-electron chi connectivity index (χ0n) is 14.9. The van der Waals surface area contributed by atoms with Crippen LogP contribution in [0.2, 0.25) is 0 Å². The lowest BCUT2D eigenvalue weighted by molar-refractivity contribution is 0.356. The number of aromatic nitrogens is 3. The molecule has 0 fully saturated rings. The van der Waals surface area contributed by atoms with Gasteiger partial charge in [-0.15, -0.1) is 0 Å². The summed E-state index contributed by atoms with van der Waals surface area (Å²) in [5.41, 5.74) is 2.53. The first-order chi connectivity index (χ1) is 13.3. The van der Waals surface area contributed by atoms with E-state index in [0.717, 1.165) is 27.8 Å². The fourth-order valence-electron chi connectivity index (χ4n) is 2.82. The van der Waals surface area contributed by atoms with Crippen molar-refractivity contribution in [2.45, 2.75) is 0 Å². The van der Waals surface area contributed by atoms with E-state index in [9.17, 15) is 0 Å². The number of ether oxygens (including phenoxy) is 3. The number of hydrogen-bond acceptors (Lipinski definition) is 6. The number of para-hydroxylation sites is 1. The molecule has 27 heavy (non-hydrogen) atoms. The number of fused-ring (bicyclic) bond motifs is 1. The highest BCUT2D eigenvalue weighted by atomic mass is 16.5. The van der Waals surface area contributed by atoms with Gasteiger partial charge in [0.2, 0.25) is 5.88 Å². The Morgan fingerprint density at radius 3 is 2.30 bits per heavy atom. The van der Waals surface area contributed by atoms with Crippen molar-refractivity contribution < 1.29 is 14.2 Å². The van der Waals surface area contributed by atoms with E-state index >= 15 is 0 Å². The Bertz CT molecular complexity index is 1070. The van der Waals surface area contributed by atoms with Crippen molar-refractivity contribution >= 4 is 10.9 Å². The summed E-state index contributed by atoms with van der Waals surface area (Å²) in [4.78, 5) is 4.41. The third-order valence-electron chi connectivity index (χ3n) is 4.16. The summed E-state index contributed by atoms with van der Waals surface area (Å²) in [7, 11) is 3.20. The molecule has 2 heterocycles. The summed E-state index contributed by atoms with van der Waals surface area (Å²) in [5, 5.41) is 9.20. The van der Waals surface area contributed by atoms with Gasteiger partial charge in [0.15, 0.2) is 11.5 Å². The van der Waals surface area contributed by atoms with Gasteiger partial charge in [-0.3, -0.25) is 0 Å². The molecular weight excluding hydrogens is 342 g/mol. The van der Waals surface area contributed by atoms with Crippen LogP contribution in [0.4, 0.5) is 0 Å². The first-order valence-electron chi connectivity index (χ1n) is 8.35. The van der Waals surface area contributed by atoms with Crippen LogP contribution in [-0.4, -0.2) is 29.4 Å². The molecule has 0 unspecified atom stereocenters. The molecule has 0 N–H and O–H groups in total. The zero-order valence-corrected chi connectivity index (χ0v) is 14.9. The van der Waals surface area contributed by atoms with Gasteiger partial charge >= 0.3 is 0 Å². The third-order valence-corrected chi connectivity index (χ3v) is 4.16. The number of rotatable bonds is 5. The van der Waals surface area contributed by atoms with Gasteiger partial charge in [-0.2, -0.15) is 10.2 Å². The monoisotopic (exact) mass is 359 g/mol. The maximum absolute atomic E-state index is 5.75. The average molecular weight is 359 g/mol. The van der Waals surface area contributed by atoms with Gasteiger partial charge in [0.1, 0.15) is 5.75 Å². The number of methoxy groups -OCH3 is 2. The first-order valence-corrected chi connectivity index (χ1v) is 8.35. The summed E-state index contributed by atoms with van der Waals surface area (Å²) >= 11 is 0. The first kappa shape index (κ1) is 16.8. The molecule has 0 spiro atoms. The lowest BCUT2D eigenvalue weighted by atomic mass is 10.0. The zero-order chi connectivity index (χ0) is 18.6.